The molecule has 3 nitrogen and oxygen atoms in total. The van der Waals surface area contributed by atoms with Crippen molar-refractivity contribution in [3.05, 3.63) is 34.6 Å². The molecular formula is C15H19ClFN3. The van der Waals surface area contributed by atoms with Gasteiger partial charge in [-0.05, 0) is 17.7 Å². The van der Waals surface area contributed by atoms with Crippen LogP contribution in [-0.2, 0) is 5.41 Å². The Morgan fingerprint density at radius 1 is 1.45 bits per heavy atom. The number of nitrogens with one attached hydrogen (secondary N) is 2. The summed E-state index contributed by atoms with van der Waals surface area (Å²) < 4.78 is 13.1. The summed E-state index contributed by atoms with van der Waals surface area (Å²) in [6.45, 7) is 5.03. The second-order valence-electron chi connectivity index (χ2n) is 4.99. The first-order valence-corrected chi connectivity index (χ1v) is 6.62. The molecule has 0 radical (unpaired) electrons. The van der Waals surface area contributed by atoms with E-state index in [0.29, 0.717) is 24.1 Å². The summed E-state index contributed by atoms with van der Waals surface area (Å²) >= 11 is 6.11. The highest BCUT2D eigenvalue weighted by molar-refractivity contribution is 6.31. The van der Waals surface area contributed by atoms with Crippen LogP contribution < -0.4 is 10.6 Å². The fourth-order valence-corrected chi connectivity index (χ4v) is 2.22. The molecule has 1 rings (SSSR count). The Kier molecular flexibility index (Phi) is 5.84. The van der Waals surface area contributed by atoms with E-state index < -0.39 is 0 Å². The third kappa shape index (κ3) is 4.43. The van der Waals surface area contributed by atoms with Crippen molar-refractivity contribution in [1.82, 2.24) is 10.6 Å². The average molecular weight is 296 g/mol. The fourth-order valence-electron chi connectivity index (χ4n) is 1.79. The molecule has 5 heteroatoms. The van der Waals surface area contributed by atoms with Gasteiger partial charge in [0, 0.05) is 24.0 Å². The lowest BCUT2D eigenvalue weighted by atomic mass is 9.84. The van der Waals surface area contributed by atoms with Crippen LogP contribution in [0.4, 0.5) is 4.39 Å². The van der Waals surface area contributed by atoms with Gasteiger partial charge >= 0.3 is 0 Å². The number of benzene rings is 1. The van der Waals surface area contributed by atoms with Crippen LogP contribution in [0.1, 0.15) is 19.4 Å². The van der Waals surface area contributed by atoms with Crippen LogP contribution in [0.25, 0.3) is 0 Å². The van der Waals surface area contributed by atoms with Gasteiger partial charge in [-0.25, -0.2) is 4.39 Å². The summed E-state index contributed by atoms with van der Waals surface area (Å²) in [4.78, 5) is 4.06. The summed E-state index contributed by atoms with van der Waals surface area (Å²) in [6, 6.07) is 4.44. The lowest BCUT2D eigenvalue weighted by molar-refractivity contribution is 0.508. The minimum atomic E-state index is -0.339. The van der Waals surface area contributed by atoms with E-state index >= 15 is 0 Å². The second-order valence-corrected chi connectivity index (χ2v) is 5.40. The molecule has 0 unspecified atom stereocenters. The molecular weight excluding hydrogens is 277 g/mol. The number of nitrogens with zero attached hydrogens (tertiary/aromatic N) is 1. The summed E-state index contributed by atoms with van der Waals surface area (Å²) in [6.07, 6.45) is 5.19. The van der Waals surface area contributed by atoms with Crippen molar-refractivity contribution in [1.29, 1.82) is 0 Å². The van der Waals surface area contributed by atoms with Crippen molar-refractivity contribution in [2.75, 3.05) is 20.1 Å². The van der Waals surface area contributed by atoms with Gasteiger partial charge in [0.15, 0.2) is 5.96 Å². The van der Waals surface area contributed by atoms with E-state index in [0.717, 1.165) is 5.56 Å². The predicted molar refractivity (Wildman–Crippen MR) is 82.6 cm³/mol. The lowest BCUT2D eigenvalue weighted by Crippen LogP contribution is -2.43. The Balaban J connectivity index is 2.77. The molecule has 0 fully saturated rings. The summed E-state index contributed by atoms with van der Waals surface area (Å²) in [7, 11) is 1.67. The normalized spacial score (nSPS) is 11.9. The van der Waals surface area contributed by atoms with E-state index in [1.165, 1.54) is 12.1 Å². The van der Waals surface area contributed by atoms with Crippen molar-refractivity contribution < 1.29 is 4.39 Å². The highest BCUT2D eigenvalue weighted by Gasteiger charge is 2.23. The van der Waals surface area contributed by atoms with E-state index in [4.69, 9.17) is 18.0 Å². The third-order valence-electron chi connectivity index (χ3n) is 2.94. The Labute approximate surface area is 124 Å². The Bertz CT molecular complexity index is 532. The van der Waals surface area contributed by atoms with Gasteiger partial charge in [-0.15, -0.1) is 6.42 Å². The third-order valence-corrected chi connectivity index (χ3v) is 3.25. The van der Waals surface area contributed by atoms with Crippen LogP contribution >= 0.6 is 11.6 Å². The highest BCUT2D eigenvalue weighted by atomic mass is 35.5. The second kappa shape index (κ2) is 7.16. The van der Waals surface area contributed by atoms with Gasteiger partial charge in [-0.1, -0.05) is 37.4 Å². The molecule has 2 N–H and O–H groups in total. The minimum absolute atomic E-state index is 0.279. The van der Waals surface area contributed by atoms with Crippen LogP contribution in [0.2, 0.25) is 5.02 Å². The van der Waals surface area contributed by atoms with E-state index in [2.05, 4.69) is 21.5 Å². The van der Waals surface area contributed by atoms with Gasteiger partial charge in [0.05, 0.1) is 6.54 Å². The molecule has 0 saturated carbocycles. The average Bonchev–Trinajstić information content (AvgIpc) is 2.38. The van der Waals surface area contributed by atoms with Gasteiger partial charge in [0.2, 0.25) is 0 Å². The zero-order valence-electron chi connectivity index (χ0n) is 11.9. The van der Waals surface area contributed by atoms with Crippen LogP contribution in [0.15, 0.2) is 23.2 Å². The molecule has 1 aromatic carbocycles. The topological polar surface area (TPSA) is 36.4 Å². The van der Waals surface area contributed by atoms with E-state index in [9.17, 15) is 4.39 Å². The maximum absolute atomic E-state index is 13.1. The molecule has 0 heterocycles. The molecule has 0 amide bonds. The molecule has 108 valence electrons. The summed E-state index contributed by atoms with van der Waals surface area (Å²) in [5.74, 6) is 2.76. The van der Waals surface area contributed by atoms with E-state index in [1.807, 2.05) is 13.8 Å². The predicted octanol–water partition coefficient (Wildman–Crippen LogP) is 2.55. The summed E-state index contributed by atoms with van der Waals surface area (Å²) in [5, 5.41) is 6.57. The molecule has 0 aliphatic carbocycles. The van der Waals surface area contributed by atoms with Gasteiger partial charge in [-0.2, -0.15) is 0 Å². The smallest absolute Gasteiger partial charge is 0.191 e. The first kappa shape index (κ1) is 16.3. The molecule has 0 saturated heterocycles. The van der Waals surface area contributed by atoms with Crippen LogP contribution in [0.5, 0.6) is 0 Å². The zero-order chi connectivity index (χ0) is 15.2. The number of rotatable bonds is 4. The summed E-state index contributed by atoms with van der Waals surface area (Å²) in [5.41, 5.74) is 0.596. The zero-order valence-corrected chi connectivity index (χ0v) is 12.7. The Morgan fingerprint density at radius 3 is 2.70 bits per heavy atom. The van der Waals surface area contributed by atoms with Crippen LogP contribution in [0.3, 0.4) is 0 Å². The van der Waals surface area contributed by atoms with E-state index in [-0.39, 0.29) is 11.2 Å². The molecule has 0 spiro atoms. The van der Waals surface area contributed by atoms with Gasteiger partial charge in [-0.3, -0.25) is 4.99 Å². The Morgan fingerprint density at radius 2 is 2.15 bits per heavy atom. The van der Waals surface area contributed by atoms with Crippen molar-refractivity contribution in [2.24, 2.45) is 4.99 Å². The number of guanidine groups is 1. The van der Waals surface area contributed by atoms with Crippen molar-refractivity contribution >= 4 is 17.6 Å². The van der Waals surface area contributed by atoms with Crippen molar-refractivity contribution in [3.8, 4) is 12.3 Å². The monoisotopic (exact) mass is 295 g/mol. The number of aliphatic imine (C=N–C) groups is 1. The van der Waals surface area contributed by atoms with Crippen molar-refractivity contribution in [3.63, 3.8) is 0 Å². The molecule has 1 aromatic rings. The maximum atomic E-state index is 13.1. The highest BCUT2D eigenvalue weighted by Crippen LogP contribution is 2.29. The molecule has 0 atom stereocenters. The lowest BCUT2D eigenvalue weighted by Gasteiger charge is -2.27. The quantitative estimate of drug-likeness (QED) is 0.509. The number of hydrogen-bond acceptors (Lipinski definition) is 1. The molecule has 0 aromatic heterocycles. The number of terminal acetylenes is 1. The Hall–Kier alpha value is -1.73. The first-order valence-electron chi connectivity index (χ1n) is 6.24. The van der Waals surface area contributed by atoms with E-state index in [1.54, 1.807) is 13.1 Å². The largest absolute Gasteiger partial charge is 0.356 e. The fraction of sp³-hybridized carbons (Fsp3) is 0.400. The molecule has 20 heavy (non-hydrogen) atoms. The standard InChI is InChI=1S/C15H19ClFN3/c1-5-8-19-14(18-4)20-10-15(2,3)12-7-6-11(17)9-13(12)16/h1,6-7,9H,8,10H2,2-4H3,(H2,18,19,20). The maximum Gasteiger partial charge on any atom is 0.191 e. The van der Waals surface area contributed by atoms with Gasteiger partial charge in [0.1, 0.15) is 5.82 Å². The van der Waals surface area contributed by atoms with Crippen molar-refractivity contribution in [2.45, 2.75) is 19.3 Å². The molecule has 0 aliphatic rings. The molecule has 0 bridgehead atoms. The van der Waals surface area contributed by atoms with Crippen LogP contribution in [-0.4, -0.2) is 26.1 Å². The van der Waals surface area contributed by atoms with Gasteiger partial charge < -0.3 is 10.6 Å². The van der Waals surface area contributed by atoms with Gasteiger partial charge in [0.25, 0.3) is 0 Å². The number of hydrogen-bond donors (Lipinski definition) is 2. The SMILES string of the molecule is C#CCNC(=NC)NCC(C)(C)c1ccc(F)cc1Cl. The van der Waals surface area contributed by atoms with Crippen LogP contribution in [0, 0.1) is 18.2 Å². The molecule has 0 aliphatic heterocycles. The number of halogens is 2. The first-order chi connectivity index (χ1) is 9.40. The minimum Gasteiger partial charge on any atom is -0.356 e.